The summed E-state index contributed by atoms with van der Waals surface area (Å²) in [6, 6.07) is 0. The zero-order chi connectivity index (χ0) is 6.24. The third-order valence-electron chi connectivity index (χ3n) is 0.601. The van der Waals surface area contributed by atoms with Crippen molar-refractivity contribution in [2.24, 2.45) is 4.99 Å². The van der Waals surface area contributed by atoms with Crippen molar-refractivity contribution >= 4 is 30.4 Å². The Morgan fingerprint density at radius 1 is 1.75 bits per heavy atom. The highest BCUT2D eigenvalue weighted by Crippen LogP contribution is 1.86. The fourth-order valence-corrected chi connectivity index (χ4v) is 0.529. The van der Waals surface area contributed by atoms with Crippen molar-refractivity contribution in [3.63, 3.8) is 0 Å². The first kappa shape index (κ1) is 8.01. The monoisotopic (exact) mass is 177 g/mol. The van der Waals surface area contributed by atoms with E-state index >= 15 is 0 Å². The summed E-state index contributed by atoms with van der Waals surface area (Å²) in [7, 11) is 1.59. The molecule has 0 atom stereocenters. The second-order valence-electron chi connectivity index (χ2n) is 1.29. The Morgan fingerprint density at radius 3 is 3.00 bits per heavy atom. The molecule has 46 valence electrons. The second-order valence-corrected chi connectivity index (χ2v) is 2.08. The van der Waals surface area contributed by atoms with Crippen LogP contribution in [0, 0.1) is 0 Å². The van der Waals surface area contributed by atoms with Crippen LogP contribution in [0.4, 0.5) is 0 Å². The van der Waals surface area contributed by atoms with Gasteiger partial charge in [-0.1, -0.05) is 15.9 Å². The first-order valence-electron chi connectivity index (χ1n) is 2.49. The van der Waals surface area contributed by atoms with Crippen LogP contribution < -0.4 is 0 Å². The van der Waals surface area contributed by atoms with Crippen molar-refractivity contribution in [2.45, 2.75) is 6.42 Å². The molecular formula is C4H9BBrNO. The van der Waals surface area contributed by atoms with Crippen molar-refractivity contribution in [1.29, 1.82) is 0 Å². The maximum Gasteiger partial charge on any atom is 0.323 e. The average Bonchev–Trinajstić information content (AvgIpc) is 1.81. The summed E-state index contributed by atoms with van der Waals surface area (Å²) in [4.78, 5) is 3.90. The molecule has 0 fully saturated rings. The summed E-state index contributed by atoms with van der Waals surface area (Å²) >= 11 is 3.29. The lowest BCUT2D eigenvalue weighted by atomic mass is 10.5. The molecule has 8 heavy (non-hydrogen) atoms. The van der Waals surface area contributed by atoms with Gasteiger partial charge in [0.2, 0.25) is 0 Å². The van der Waals surface area contributed by atoms with E-state index in [0.717, 1.165) is 18.3 Å². The number of aliphatic imine (C=N–C) groups is 1. The van der Waals surface area contributed by atoms with E-state index in [9.17, 15) is 0 Å². The van der Waals surface area contributed by atoms with Crippen LogP contribution in [0.15, 0.2) is 4.99 Å². The Morgan fingerprint density at radius 2 is 2.50 bits per heavy atom. The summed E-state index contributed by atoms with van der Waals surface area (Å²) in [5.41, 5.74) is 0. The second kappa shape index (κ2) is 7.01. The van der Waals surface area contributed by atoms with Crippen molar-refractivity contribution in [3.05, 3.63) is 0 Å². The Balaban J connectivity index is 2.80. The van der Waals surface area contributed by atoms with Crippen molar-refractivity contribution in [3.8, 4) is 0 Å². The third kappa shape index (κ3) is 6.01. The number of rotatable bonds is 4. The molecule has 0 aliphatic heterocycles. The standard InChI is InChI=1S/C4H9BBrNO/c5-8-4-7-3-1-2-6/h4H,1-3,5H2. The van der Waals surface area contributed by atoms with E-state index < -0.39 is 0 Å². The van der Waals surface area contributed by atoms with Gasteiger partial charge in [-0.2, -0.15) is 0 Å². The minimum absolute atomic E-state index is 0.846. The fourth-order valence-electron chi connectivity index (χ4n) is 0.278. The van der Waals surface area contributed by atoms with Crippen LogP contribution in [-0.2, 0) is 4.65 Å². The van der Waals surface area contributed by atoms with Gasteiger partial charge in [-0.25, -0.2) is 0 Å². The van der Waals surface area contributed by atoms with Gasteiger partial charge in [-0.05, 0) is 6.42 Å². The fraction of sp³-hybridized carbons (Fsp3) is 0.750. The van der Waals surface area contributed by atoms with Crippen LogP contribution in [0.3, 0.4) is 0 Å². The minimum atomic E-state index is 0.846. The lowest BCUT2D eigenvalue weighted by Gasteiger charge is -1.87. The molecule has 0 aromatic heterocycles. The number of alkyl halides is 1. The van der Waals surface area contributed by atoms with Crippen LogP contribution >= 0.6 is 15.9 Å². The van der Waals surface area contributed by atoms with Gasteiger partial charge in [-0.15, -0.1) is 0 Å². The highest BCUT2D eigenvalue weighted by Gasteiger charge is 1.76. The van der Waals surface area contributed by atoms with E-state index in [4.69, 9.17) is 0 Å². The van der Waals surface area contributed by atoms with Crippen molar-refractivity contribution in [2.75, 3.05) is 11.9 Å². The molecule has 0 unspecified atom stereocenters. The van der Waals surface area contributed by atoms with Gasteiger partial charge >= 0.3 is 8.05 Å². The van der Waals surface area contributed by atoms with Gasteiger partial charge in [-0.3, -0.25) is 4.99 Å². The number of nitrogens with zero attached hydrogens (tertiary/aromatic N) is 1. The molecule has 2 nitrogen and oxygen atoms in total. The average molecular weight is 178 g/mol. The summed E-state index contributed by atoms with van der Waals surface area (Å²) < 4.78 is 4.58. The van der Waals surface area contributed by atoms with Crippen LogP contribution in [-0.4, -0.2) is 26.3 Å². The zero-order valence-corrected chi connectivity index (χ0v) is 6.52. The molecule has 0 amide bonds. The van der Waals surface area contributed by atoms with E-state index in [0.29, 0.717) is 0 Å². The summed E-state index contributed by atoms with van der Waals surface area (Å²) in [6.07, 6.45) is 2.53. The molecular weight excluding hydrogens is 169 g/mol. The van der Waals surface area contributed by atoms with E-state index in [2.05, 4.69) is 25.6 Å². The quantitative estimate of drug-likeness (QED) is 0.200. The molecule has 0 saturated carbocycles. The normalized spacial score (nSPS) is 10.1. The van der Waals surface area contributed by atoms with Crippen LogP contribution in [0.1, 0.15) is 6.42 Å². The molecule has 0 aliphatic carbocycles. The molecule has 0 aromatic rings. The number of hydrogen-bond donors (Lipinski definition) is 0. The topological polar surface area (TPSA) is 21.6 Å². The maximum absolute atomic E-state index is 4.58. The smallest absolute Gasteiger partial charge is 0.323 e. The van der Waals surface area contributed by atoms with Gasteiger partial charge in [0.05, 0.1) is 0 Å². The van der Waals surface area contributed by atoms with E-state index in [1.807, 2.05) is 0 Å². The number of hydrogen-bond acceptors (Lipinski definition) is 2. The SMILES string of the molecule is BOC=NCCCBr. The molecule has 0 rings (SSSR count). The van der Waals surface area contributed by atoms with Gasteiger partial charge in [0, 0.05) is 11.9 Å². The van der Waals surface area contributed by atoms with E-state index in [1.165, 1.54) is 6.40 Å². The predicted octanol–water partition coefficient (Wildman–Crippen LogP) is 0.364. The summed E-state index contributed by atoms with van der Waals surface area (Å²) in [6.45, 7) is 0.846. The van der Waals surface area contributed by atoms with E-state index in [-0.39, 0.29) is 0 Å². The lowest BCUT2D eigenvalue weighted by molar-refractivity contribution is 0.634. The Labute approximate surface area is 58.9 Å². The van der Waals surface area contributed by atoms with Gasteiger partial charge in [0.25, 0.3) is 0 Å². The molecule has 0 N–H and O–H groups in total. The highest BCUT2D eigenvalue weighted by molar-refractivity contribution is 9.09. The molecule has 0 heterocycles. The molecule has 0 radical (unpaired) electrons. The molecule has 0 aromatic carbocycles. The Kier molecular flexibility index (Phi) is 7.03. The molecule has 0 aliphatic rings. The zero-order valence-electron chi connectivity index (χ0n) is 4.93. The number of halogens is 1. The van der Waals surface area contributed by atoms with Crippen LogP contribution in [0.2, 0.25) is 0 Å². The van der Waals surface area contributed by atoms with Gasteiger partial charge < -0.3 is 4.65 Å². The maximum atomic E-state index is 4.58. The molecule has 0 saturated heterocycles. The van der Waals surface area contributed by atoms with Crippen molar-refractivity contribution < 1.29 is 4.65 Å². The first-order chi connectivity index (χ1) is 3.91. The lowest BCUT2D eigenvalue weighted by Crippen LogP contribution is -1.84. The Hall–Kier alpha value is 0.0149. The van der Waals surface area contributed by atoms with Crippen LogP contribution in [0.25, 0.3) is 0 Å². The van der Waals surface area contributed by atoms with Gasteiger partial charge in [0.15, 0.2) is 6.40 Å². The Bertz CT molecular complexity index is 69.1. The van der Waals surface area contributed by atoms with Gasteiger partial charge in [0.1, 0.15) is 0 Å². The highest BCUT2D eigenvalue weighted by atomic mass is 79.9. The molecule has 0 bridgehead atoms. The van der Waals surface area contributed by atoms with E-state index in [1.54, 1.807) is 8.05 Å². The molecule has 0 spiro atoms. The molecule has 4 heteroatoms. The summed E-state index contributed by atoms with van der Waals surface area (Å²) in [5.74, 6) is 0. The third-order valence-corrected chi connectivity index (χ3v) is 1.16. The predicted molar refractivity (Wildman–Crippen MR) is 41.4 cm³/mol. The minimum Gasteiger partial charge on any atom is -0.560 e. The first-order valence-corrected chi connectivity index (χ1v) is 3.61. The van der Waals surface area contributed by atoms with Crippen LogP contribution in [0.5, 0.6) is 0 Å². The largest absolute Gasteiger partial charge is 0.560 e. The summed E-state index contributed by atoms with van der Waals surface area (Å²) in [5, 5.41) is 1.01. The van der Waals surface area contributed by atoms with Crippen molar-refractivity contribution in [1.82, 2.24) is 0 Å².